The zero-order chi connectivity index (χ0) is 17.5. The van der Waals surface area contributed by atoms with Crippen molar-refractivity contribution >= 4 is 27.5 Å². The summed E-state index contributed by atoms with van der Waals surface area (Å²) in [7, 11) is 1.67. The predicted octanol–water partition coefficient (Wildman–Crippen LogP) is 5.12. The van der Waals surface area contributed by atoms with Crippen LogP contribution < -0.4 is 4.74 Å². The average Bonchev–Trinajstić information content (AvgIpc) is 2.52. The third-order valence-electron chi connectivity index (χ3n) is 4.48. The molecule has 1 aromatic heterocycles. The number of rotatable bonds is 3. The Labute approximate surface area is 142 Å². The third kappa shape index (κ3) is 2.75. The molecule has 1 heterocycles. The molecule has 0 aliphatic rings. The molecule has 0 bridgehead atoms. The minimum absolute atomic E-state index is 0.141. The molecule has 0 aliphatic heterocycles. The van der Waals surface area contributed by atoms with Gasteiger partial charge in [-0.3, -0.25) is 9.78 Å². The van der Waals surface area contributed by atoms with Gasteiger partial charge in [0.25, 0.3) is 0 Å². The summed E-state index contributed by atoms with van der Waals surface area (Å²) in [5, 5.41) is 3.17. The van der Waals surface area contributed by atoms with E-state index in [-0.39, 0.29) is 17.1 Å². The van der Waals surface area contributed by atoms with E-state index in [0.29, 0.717) is 0 Å². The number of para-hydroxylation sites is 1. The van der Waals surface area contributed by atoms with Gasteiger partial charge in [0.2, 0.25) is 0 Å². The van der Waals surface area contributed by atoms with Crippen LogP contribution in [-0.2, 0) is 4.79 Å². The van der Waals surface area contributed by atoms with Crippen molar-refractivity contribution < 1.29 is 9.53 Å². The number of pyridine rings is 1. The zero-order valence-electron chi connectivity index (χ0n) is 14.9. The first-order valence-electron chi connectivity index (χ1n) is 8.20. The number of hydrogen-bond acceptors (Lipinski definition) is 3. The van der Waals surface area contributed by atoms with Gasteiger partial charge in [0.1, 0.15) is 11.5 Å². The highest BCUT2D eigenvalue weighted by Gasteiger charge is 2.33. The smallest absolute Gasteiger partial charge is 0.139 e. The van der Waals surface area contributed by atoms with Gasteiger partial charge in [-0.15, -0.1) is 0 Å². The first-order valence-corrected chi connectivity index (χ1v) is 8.20. The molecule has 0 saturated carbocycles. The molecule has 24 heavy (non-hydrogen) atoms. The molecule has 124 valence electrons. The summed E-state index contributed by atoms with van der Waals surface area (Å²) < 4.78 is 5.40. The quantitative estimate of drug-likeness (QED) is 0.629. The highest BCUT2D eigenvalue weighted by molar-refractivity contribution is 6.08. The van der Waals surface area contributed by atoms with Crippen LogP contribution in [0.15, 0.2) is 42.5 Å². The van der Waals surface area contributed by atoms with E-state index in [0.717, 1.165) is 33.1 Å². The molecule has 2 aromatic carbocycles. The van der Waals surface area contributed by atoms with E-state index >= 15 is 0 Å². The third-order valence-corrected chi connectivity index (χ3v) is 4.48. The second-order valence-corrected chi connectivity index (χ2v) is 7.34. The van der Waals surface area contributed by atoms with Crippen LogP contribution >= 0.6 is 0 Å². The molecule has 0 aliphatic carbocycles. The highest BCUT2D eigenvalue weighted by Crippen LogP contribution is 2.40. The fraction of sp³-hybridized carbons (Fsp3) is 0.333. The van der Waals surface area contributed by atoms with Gasteiger partial charge in [-0.1, -0.05) is 39.0 Å². The summed E-state index contributed by atoms with van der Waals surface area (Å²) in [6, 6.07) is 14.0. The Balaban J connectivity index is 2.44. The molecule has 1 unspecified atom stereocenters. The fourth-order valence-electron chi connectivity index (χ4n) is 3.52. The first kappa shape index (κ1) is 16.4. The molecule has 0 saturated heterocycles. The fourth-order valence-corrected chi connectivity index (χ4v) is 3.52. The molecule has 0 spiro atoms. The van der Waals surface area contributed by atoms with E-state index in [9.17, 15) is 4.79 Å². The van der Waals surface area contributed by atoms with Gasteiger partial charge in [-0.25, -0.2) is 0 Å². The van der Waals surface area contributed by atoms with Crippen LogP contribution in [0.2, 0.25) is 0 Å². The molecule has 0 fully saturated rings. The Kier molecular flexibility index (Phi) is 4.04. The number of ether oxygens (including phenoxy) is 1. The van der Waals surface area contributed by atoms with E-state index in [1.807, 2.05) is 36.4 Å². The largest absolute Gasteiger partial charge is 0.497 e. The van der Waals surface area contributed by atoms with Crippen molar-refractivity contribution in [1.82, 2.24) is 4.98 Å². The van der Waals surface area contributed by atoms with Gasteiger partial charge in [0, 0.05) is 10.8 Å². The van der Waals surface area contributed by atoms with Crippen molar-refractivity contribution in [3.8, 4) is 5.75 Å². The lowest BCUT2D eigenvalue weighted by molar-refractivity contribution is -0.120. The topological polar surface area (TPSA) is 39.2 Å². The number of hydrogen-bond donors (Lipinski definition) is 0. The Morgan fingerprint density at radius 2 is 1.75 bits per heavy atom. The first-order chi connectivity index (χ1) is 11.3. The van der Waals surface area contributed by atoms with Crippen molar-refractivity contribution in [2.24, 2.45) is 5.41 Å². The van der Waals surface area contributed by atoms with Gasteiger partial charge in [0.15, 0.2) is 0 Å². The monoisotopic (exact) mass is 321 g/mol. The van der Waals surface area contributed by atoms with Crippen LogP contribution in [0.1, 0.15) is 39.3 Å². The summed E-state index contributed by atoms with van der Waals surface area (Å²) >= 11 is 0. The van der Waals surface area contributed by atoms with E-state index in [1.54, 1.807) is 14.0 Å². The Morgan fingerprint density at radius 1 is 1.04 bits per heavy atom. The molecular formula is C21H23NO2. The second-order valence-electron chi connectivity index (χ2n) is 7.34. The maximum atomic E-state index is 12.4. The number of nitrogens with zero attached hydrogens (tertiary/aromatic N) is 1. The van der Waals surface area contributed by atoms with Crippen molar-refractivity contribution in [3.05, 3.63) is 48.2 Å². The molecule has 0 amide bonds. The number of fused-ring (bicyclic) bond motifs is 3. The number of benzene rings is 2. The molecule has 3 aromatic rings. The molecule has 0 radical (unpaired) electrons. The standard InChI is InChI=1S/C21H23NO2/c1-13(23)19(21(2,3)4)20-16-11-10-14(24-5)12-17(16)15-8-6-7-9-18(15)22-20/h6-12,19H,1-5H3. The summed E-state index contributed by atoms with van der Waals surface area (Å²) in [5.74, 6) is 0.695. The zero-order valence-corrected chi connectivity index (χ0v) is 14.9. The van der Waals surface area contributed by atoms with Gasteiger partial charge in [-0.2, -0.15) is 0 Å². The van der Waals surface area contributed by atoms with Crippen molar-refractivity contribution in [1.29, 1.82) is 0 Å². The minimum atomic E-state index is -0.252. The number of carbonyl (C=O) groups is 1. The summed E-state index contributed by atoms with van der Waals surface area (Å²) in [5.41, 5.74) is 1.56. The van der Waals surface area contributed by atoms with Crippen molar-refractivity contribution in [3.63, 3.8) is 0 Å². The van der Waals surface area contributed by atoms with Crippen LogP contribution in [0.4, 0.5) is 0 Å². The minimum Gasteiger partial charge on any atom is -0.497 e. The van der Waals surface area contributed by atoms with E-state index in [2.05, 4.69) is 26.8 Å². The lowest BCUT2D eigenvalue weighted by atomic mass is 9.75. The van der Waals surface area contributed by atoms with Gasteiger partial charge in [0.05, 0.1) is 24.2 Å². The normalized spacial score (nSPS) is 13.2. The molecule has 3 heteroatoms. The van der Waals surface area contributed by atoms with Gasteiger partial charge < -0.3 is 4.74 Å². The number of aromatic nitrogens is 1. The molecule has 3 rings (SSSR count). The van der Waals surface area contributed by atoms with E-state index < -0.39 is 0 Å². The second kappa shape index (κ2) is 5.90. The number of methoxy groups -OCH3 is 1. The van der Waals surface area contributed by atoms with Gasteiger partial charge >= 0.3 is 0 Å². The summed E-state index contributed by atoms with van der Waals surface area (Å²) in [6.45, 7) is 7.92. The summed E-state index contributed by atoms with van der Waals surface area (Å²) in [4.78, 5) is 17.3. The highest BCUT2D eigenvalue weighted by atomic mass is 16.5. The molecule has 1 atom stereocenters. The van der Waals surface area contributed by atoms with Gasteiger partial charge in [-0.05, 0) is 42.0 Å². The number of carbonyl (C=O) groups excluding carboxylic acids is 1. The molecule has 0 N–H and O–H groups in total. The summed E-state index contributed by atoms with van der Waals surface area (Å²) in [6.07, 6.45) is 0. The van der Waals surface area contributed by atoms with Crippen LogP contribution in [0.25, 0.3) is 21.7 Å². The number of ketones is 1. The van der Waals surface area contributed by atoms with Crippen molar-refractivity contribution in [2.75, 3.05) is 7.11 Å². The maximum Gasteiger partial charge on any atom is 0.139 e. The van der Waals surface area contributed by atoms with E-state index in [1.165, 1.54) is 0 Å². The lowest BCUT2D eigenvalue weighted by Gasteiger charge is -2.29. The maximum absolute atomic E-state index is 12.4. The lowest BCUT2D eigenvalue weighted by Crippen LogP contribution is -2.26. The number of Topliss-reactive ketones (excluding diaryl/α,β-unsaturated/α-hetero) is 1. The van der Waals surface area contributed by atoms with Crippen LogP contribution in [-0.4, -0.2) is 17.9 Å². The molecular weight excluding hydrogens is 298 g/mol. The Bertz CT molecular complexity index is 922. The van der Waals surface area contributed by atoms with Crippen LogP contribution in [0, 0.1) is 5.41 Å². The van der Waals surface area contributed by atoms with Crippen molar-refractivity contribution in [2.45, 2.75) is 33.6 Å². The molecule has 3 nitrogen and oxygen atoms in total. The van der Waals surface area contributed by atoms with Crippen LogP contribution in [0.3, 0.4) is 0 Å². The van der Waals surface area contributed by atoms with E-state index in [4.69, 9.17) is 9.72 Å². The Hall–Kier alpha value is -2.42. The average molecular weight is 321 g/mol. The Morgan fingerprint density at radius 3 is 2.38 bits per heavy atom. The predicted molar refractivity (Wildman–Crippen MR) is 98.7 cm³/mol. The van der Waals surface area contributed by atoms with Crippen LogP contribution in [0.5, 0.6) is 5.75 Å². The SMILES string of the molecule is COc1ccc2c(C(C(C)=O)C(C)(C)C)nc3ccccc3c2c1.